The Bertz CT molecular complexity index is 3570. The summed E-state index contributed by atoms with van der Waals surface area (Å²) in [6.45, 7) is 4.72. The van der Waals surface area contributed by atoms with Gasteiger partial charge in [0.25, 0.3) is 0 Å². The molecule has 0 radical (unpaired) electrons. The summed E-state index contributed by atoms with van der Waals surface area (Å²) >= 11 is 0. The quantitative estimate of drug-likeness (QED) is 0.178. The molecule has 0 saturated carbocycles. The molecule has 3 nitrogen and oxygen atoms in total. The van der Waals surface area contributed by atoms with Gasteiger partial charge in [-0.2, -0.15) is 0 Å². The van der Waals surface area contributed by atoms with Crippen molar-refractivity contribution < 1.29 is 4.42 Å². The number of para-hydroxylation sites is 3. The van der Waals surface area contributed by atoms with E-state index in [1.807, 2.05) is 0 Å². The summed E-state index contributed by atoms with van der Waals surface area (Å²) in [7, 11) is 0. The number of aromatic nitrogens is 1. The van der Waals surface area contributed by atoms with Crippen molar-refractivity contribution in [3.63, 3.8) is 0 Å². The summed E-state index contributed by atoms with van der Waals surface area (Å²) in [5.74, 6) is 0. The van der Waals surface area contributed by atoms with Crippen LogP contribution < -0.4 is 4.90 Å². The Morgan fingerprint density at radius 1 is 0.433 bits per heavy atom. The van der Waals surface area contributed by atoms with E-state index < -0.39 is 0 Å². The number of benzene rings is 9. The van der Waals surface area contributed by atoms with Gasteiger partial charge in [0, 0.05) is 60.7 Å². The number of anilines is 3. The lowest BCUT2D eigenvalue weighted by Gasteiger charge is -2.28. The van der Waals surface area contributed by atoms with Crippen LogP contribution in [0.2, 0.25) is 0 Å². The molecule has 11 aromatic rings. The first-order valence-electron chi connectivity index (χ1n) is 20.8. The third kappa shape index (κ3) is 4.55. The molecule has 2 aromatic heterocycles. The van der Waals surface area contributed by atoms with Crippen molar-refractivity contribution in [1.82, 2.24) is 4.57 Å². The number of hydrogen-bond donors (Lipinski definition) is 0. The zero-order valence-corrected chi connectivity index (χ0v) is 33.3. The van der Waals surface area contributed by atoms with E-state index in [9.17, 15) is 0 Å². The fourth-order valence-corrected chi connectivity index (χ4v) is 10.5. The van der Waals surface area contributed by atoms with Gasteiger partial charge < -0.3 is 13.9 Å². The molecular formula is C57H38N2O. The van der Waals surface area contributed by atoms with E-state index in [-0.39, 0.29) is 5.41 Å². The Balaban J connectivity index is 1.06. The van der Waals surface area contributed by atoms with Crippen molar-refractivity contribution in [2.24, 2.45) is 0 Å². The van der Waals surface area contributed by atoms with Crippen molar-refractivity contribution in [3.05, 3.63) is 205 Å². The molecule has 60 heavy (non-hydrogen) atoms. The SMILES string of the molecule is CC1(C)c2ccccc2-c2ccc(N(c3ccc(-c4ccccc4)cc3)c3ccc4c(c3)c3cccc5c3n4-c3ccccc3-c3ccc4c(oc6ccccc64)c3-5)cc21. The lowest BCUT2D eigenvalue weighted by molar-refractivity contribution is 0.660. The minimum atomic E-state index is -0.124. The molecule has 0 unspecified atom stereocenters. The third-order valence-corrected chi connectivity index (χ3v) is 13.3. The molecule has 0 N–H and O–H groups in total. The van der Waals surface area contributed by atoms with Gasteiger partial charge in [0.1, 0.15) is 11.2 Å². The van der Waals surface area contributed by atoms with E-state index in [4.69, 9.17) is 4.42 Å². The summed E-state index contributed by atoms with van der Waals surface area (Å²) in [6, 6.07) is 71.2. The van der Waals surface area contributed by atoms with Crippen LogP contribution in [0.15, 0.2) is 199 Å². The summed E-state index contributed by atoms with van der Waals surface area (Å²) in [6.07, 6.45) is 0. The average molecular weight is 767 g/mol. The summed E-state index contributed by atoms with van der Waals surface area (Å²) in [5.41, 5.74) is 21.1. The van der Waals surface area contributed by atoms with Gasteiger partial charge in [-0.05, 0) is 99.6 Å². The molecule has 0 saturated heterocycles. The monoisotopic (exact) mass is 766 g/mol. The molecule has 3 heteroatoms. The molecule has 282 valence electrons. The van der Waals surface area contributed by atoms with Gasteiger partial charge >= 0.3 is 0 Å². The van der Waals surface area contributed by atoms with Crippen LogP contribution in [0.5, 0.6) is 0 Å². The van der Waals surface area contributed by atoms with Gasteiger partial charge in [-0.25, -0.2) is 0 Å². The smallest absolute Gasteiger partial charge is 0.143 e. The number of rotatable bonds is 4. The number of hydrogen-bond acceptors (Lipinski definition) is 2. The molecule has 0 spiro atoms. The fraction of sp³-hybridized carbons (Fsp3) is 0.0526. The van der Waals surface area contributed by atoms with Gasteiger partial charge in [-0.15, -0.1) is 0 Å². The van der Waals surface area contributed by atoms with Crippen LogP contribution in [0, 0.1) is 0 Å². The van der Waals surface area contributed by atoms with E-state index in [0.717, 1.165) is 44.6 Å². The number of furan rings is 1. The van der Waals surface area contributed by atoms with E-state index in [1.165, 1.54) is 77.6 Å². The van der Waals surface area contributed by atoms with E-state index in [2.05, 4.69) is 217 Å². The van der Waals surface area contributed by atoms with Gasteiger partial charge in [-0.3, -0.25) is 0 Å². The van der Waals surface area contributed by atoms with Crippen molar-refractivity contribution in [2.75, 3.05) is 4.90 Å². The molecule has 1 aliphatic heterocycles. The lowest BCUT2D eigenvalue weighted by Crippen LogP contribution is -2.16. The summed E-state index contributed by atoms with van der Waals surface area (Å²) in [5, 5.41) is 4.70. The highest BCUT2D eigenvalue weighted by Gasteiger charge is 2.36. The van der Waals surface area contributed by atoms with Crippen LogP contribution >= 0.6 is 0 Å². The Morgan fingerprint density at radius 3 is 1.97 bits per heavy atom. The zero-order valence-electron chi connectivity index (χ0n) is 33.3. The second-order valence-electron chi connectivity index (χ2n) is 16.9. The maximum atomic E-state index is 6.78. The van der Waals surface area contributed by atoms with E-state index >= 15 is 0 Å². The van der Waals surface area contributed by atoms with Crippen LogP contribution in [0.1, 0.15) is 25.0 Å². The van der Waals surface area contributed by atoms with Gasteiger partial charge in [0.05, 0.1) is 16.7 Å². The molecular weight excluding hydrogens is 729 g/mol. The lowest BCUT2D eigenvalue weighted by atomic mass is 9.82. The molecule has 0 amide bonds. The highest BCUT2D eigenvalue weighted by molar-refractivity contribution is 6.21. The van der Waals surface area contributed by atoms with E-state index in [1.54, 1.807) is 0 Å². The minimum Gasteiger partial charge on any atom is -0.455 e. The Morgan fingerprint density at radius 2 is 1.08 bits per heavy atom. The normalized spacial score (nSPS) is 13.3. The molecule has 1 aliphatic carbocycles. The van der Waals surface area contributed by atoms with Crippen LogP contribution in [0.4, 0.5) is 17.1 Å². The third-order valence-electron chi connectivity index (χ3n) is 13.3. The molecule has 3 heterocycles. The van der Waals surface area contributed by atoms with E-state index in [0.29, 0.717) is 0 Å². The Kier molecular flexibility index (Phi) is 6.78. The van der Waals surface area contributed by atoms with Crippen molar-refractivity contribution in [3.8, 4) is 50.2 Å². The van der Waals surface area contributed by atoms with Crippen LogP contribution in [0.25, 0.3) is 93.9 Å². The molecule has 9 aromatic carbocycles. The van der Waals surface area contributed by atoms with Crippen molar-refractivity contribution in [2.45, 2.75) is 19.3 Å². The van der Waals surface area contributed by atoms with Gasteiger partial charge in [0.2, 0.25) is 0 Å². The van der Waals surface area contributed by atoms with Crippen LogP contribution in [-0.4, -0.2) is 4.57 Å². The van der Waals surface area contributed by atoms with Crippen molar-refractivity contribution >= 4 is 60.8 Å². The number of fused-ring (bicyclic) bond motifs is 15. The van der Waals surface area contributed by atoms with Crippen LogP contribution in [0.3, 0.4) is 0 Å². The molecule has 0 bridgehead atoms. The minimum absolute atomic E-state index is 0.124. The number of nitrogens with zero attached hydrogens (tertiary/aromatic N) is 2. The second-order valence-corrected chi connectivity index (χ2v) is 16.9. The molecule has 2 aliphatic rings. The predicted molar refractivity (Wildman–Crippen MR) is 250 cm³/mol. The summed E-state index contributed by atoms with van der Waals surface area (Å²) in [4.78, 5) is 2.44. The Hall–Kier alpha value is -7.62. The predicted octanol–water partition coefficient (Wildman–Crippen LogP) is 15.8. The first-order chi connectivity index (χ1) is 29.5. The highest BCUT2D eigenvalue weighted by Crippen LogP contribution is 2.53. The highest BCUT2D eigenvalue weighted by atomic mass is 16.3. The maximum Gasteiger partial charge on any atom is 0.143 e. The topological polar surface area (TPSA) is 21.3 Å². The fourth-order valence-electron chi connectivity index (χ4n) is 10.5. The van der Waals surface area contributed by atoms with Crippen LogP contribution in [-0.2, 0) is 5.41 Å². The van der Waals surface area contributed by atoms with Gasteiger partial charge in [-0.1, -0.05) is 147 Å². The first kappa shape index (κ1) is 33.4. The largest absolute Gasteiger partial charge is 0.455 e. The first-order valence-corrected chi connectivity index (χ1v) is 20.8. The molecule has 0 fully saturated rings. The standard InChI is InChI=1S/C57H38N2O/c1-57(2)49-20-9-6-15-40(49)41-29-27-39(34-50(41)57)58(37-25-23-36(24-26-37)35-13-4-3-5-14-35)38-28-32-52-48(33-38)45-18-12-19-47-54-44(42-16-7-10-21-51(42)59(52)55(45)47)30-31-46-43-17-8-11-22-53(43)60-56(46)54/h3-34H,1-2H3. The Labute approximate surface area is 348 Å². The van der Waals surface area contributed by atoms with Crippen molar-refractivity contribution in [1.29, 1.82) is 0 Å². The molecule has 0 atom stereocenters. The second kappa shape index (κ2) is 12.2. The average Bonchev–Trinajstić information content (AvgIpc) is 3.89. The van der Waals surface area contributed by atoms with Gasteiger partial charge in [0.15, 0.2) is 0 Å². The maximum absolute atomic E-state index is 6.78. The molecule has 13 rings (SSSR count). The summed E-state index contributed by atoms with van der Waals surface area (Å²) < 4.78 is 9.27. The zero-order chi connectivity index (χ0) is 39.7.